The molecule has 1 fully saturated rings. The third-order valence-electron chi connectivity index (χ3n) is 4.77. The number of halogens is 2. The van der Waals surface area contributed by atoms with Gasteiger partial charge in [-0.25, -0.2) is 9.37 Å². The van der Waals surface area contributed by atoms with E-state index in [1.165, 1.54) is 6.07 Å². The number of pyridine rings is 1. The van der Waals surface area contributed by atoms with Gasteiger partial charge in [0.15, 0.2) is 11.6 Å². The average molecular weight is 415 g/mol. The van der Waals surface area contributed by atoms with Crippen molar-refractivity contribution in [2.45, 2.75) is 19.1 Å². The SMILES string of the molecule is OCc1cc(Oc2ccccc2F)ccc1N1CC[C@H](Oc2ncccc2Cl)C1. The summed E-state index contributed by atoms with van der Waals surface area (Å²) in [7, 11) is 0. The number of aromatic nitrogens is 1. The van der Waals surface area contributed by atoms with Gasteiger partial charge in [0.25, 0.3) is 0 Å². The minimum absolute atomic E-state index is 0.0525. The van der Waals surface area contributed by atoms with Gasteiger partial charge in [-0.2, -0.15) is 0 Å². The van der Waals surface area contributed by atoms with Crippen LogP contribution < -0.4 is 14.4 Å². The second kappa shape index (κ2) is 8.68. The van der Waals surface area contributed by atoms with Crippen LogP contribution in [-0.4, -0.2) is 29.3 Å². The van der Waals surface area contributed by atoms with Gasteiger partial charge >= 0.3 is 0 Å². The highest BCUT2D eigenvalue weighted by Crippen LogP contribution is 2.32. The molecular weight excluding hydrogens is 395 g/mol. The molecule has 5 nitrogen and oxygen atoms in total. The molecule has 0 spiro atoms. The molecule has 1 N–H and O–H groups in total. The molecule has 4 rings (SSSR count). The van der Waals surface area contributed by atoms with E-state index in [9.17, 15) is 9.50 Å². The minimum atomic E-state index is -0.435. The molecule has 0 bridgehead atoms. The maximum absolute atomic E-state index is 13.8. The van der Waals surface area contributed by atoms with E-state index >= 15 is 0 Å². The summed E-state index contributed by atoms with van der Waals surface area (Å²) in [5.74, 6) is 0.605. The first kappa shape index (κ1) is 19.5. The fourth-order valence-electron chi connectivity index (χ4n) is 3.37. The third-order valence-corrected chi connectivity index (χ3v) is 5.06. The van der Waals surface area contributed by atoms with E-state index in [1.807, 2.05) is 6.07 Å². The van der Waals surface area contributed by atoms with Crippen molar-refractivity contribution in [2.75, 3.05) is 18.0 Å². The van der Waals surface area contributed by atoms with Crippen LogP contribution in [0, 0.1) is 5.82 Å². The van der Waals surface area contributed by atoms with Crippen LogP contribution in [0.4, 0.5) is 10.1 Å². The van der Waals surface area contributed by atoms with Gasteiger partial charge in [0.2, 0.25) is 5.88 Å². The molecule has 1 saturated heterocycles. The summed E-state index contributed by atoms with van der Waals surface area (Å²) in [4.78, 5) is 6.31. The van der Waals surface area contributed by atoms with E-state index in [-0.39, 0.29) is 18.5 Å². The molecule has 29 heavy (non-hydrogen) atoms. The largest absolute Gasteiger partial charge is 0.471 e. The second-order valence-electron chi connectivity index (χ2n) is 6.75. The molecule has 1 aliphatic heterocycles. The molecule has 3 aromatic rings. The summed E-state index contributed by atoms with van der Waals surface area (Å²) in [6.45, 7) is 1.26. The smallest absolute Gasteiger partial charge is 0.232 e. The first-order valence-electron chi connectivity index (χ1n) is 9.32. The summed E-state index contributed by atoms with van der Waals surface area (Å²) in [6, 6.07) is 15.1. The highest BCUT2D eigenvalue weighted by Gasteiger charge is 2.26. The molecule has 7 heteroatoms. The number of aliphatic hydroxyl groups excluding tert-OH is 1. The molecule has 2 heterocycles. The lowest BCUT2D eigenvalue weighted by molar-refractivity contribution is 0.216. The van der Waals surface area contributed by atoms with Gasteiger partial charge in [-0.1, -0.05) is 23.7 Å². The van der Waals surface area contributed by atoms with E-state index in [4.69, 9.17) is 21.1 Å². The third kappa shape index (κ3) is 4.44. The topological polar surface area (TPSA) is 54.8 Å². The Kier molecular flexibility index (Phi) is 5.83. The molecule has 1 atom stereocenters. The van der Waals surface area contributed by atoms with Gasteiger partial charge in [-0.15, -0.1) is 0 Å². The van der Waals surface area contributed by atoms with Gasteiger partial charge in [-0.3, -0.25) is 0 Å². The Bertz CT molecular complexity index is 1000. The maximum atomic E-state index is 13.8. The van der Waals surface area contributed by atoms with Crippen LogP contribution in [0.3, 0.4) is 0 Å². The zero-order valence-electron chi connectivity index (χ0n) is 15.6. The summed E-state index contributed by atoms with van der Waals surface area (Å²) < 4.78 is 25.4. The second-order valence-corrected chi connectivity index (χ2v) is 7.15. The molecule has 1 aromatic heterocycles. The van der Waals surface area contributed by atoms with E-state index in [2.05, 4.69) is 9.88 Å². The lowest BCUT2D eigenvalue weighted by Crippen LogP contribution is -2.25. The van der Waals surface area contributed by atoms with Crippen molar-refractivity contribution < 1.29 is 19.0 Å². The molecule has 0 saturated carbocycles. The van der Waals surface area contributed by atoms with E-state index in [1.54, 1.807) is 48.7 Å². The van der Waals surface area contributed by atoms with Gasteiger partial charge < -0.3 is 19.5 Å². The van der Waals surface area contributed by atoms with Crippen LogP contribution in [0.5, 0.6) is 17.4 Å². The Labute approximate surface area is 173 Å². The monoisotopic (exact) mass is 414 g/mol. The highest BCUT2D eigenvalue weighted by molar-refractivity contribution is 6.31. The average Bonchev–Trinajstić information content (AvgIpc) is 3.19. The fourth-order valence-corrected chi connectivity index (χ4v) is 3.54. The zero-order chi connectivity index (χ0) is 20.2. The number of anilines is 1. The lowest BCUT2D eigenvalue weighted by atomic mass is 10.1. The summed E-state index contributed by atoms with van der Waals surface area (Å²) >= 11 is 6.12. The van der Waals surface area contributed by atoms with E-state index < -0.39 is 5.82 Å². The zero-order valence-corrected chi connectivity index (χ0v) is 16.3. The Balaban J connectivity index is 1.47. The van der Waals surface area contributed by atoms with Crippen molar-refractivity contribution in [2.24, 2.45) is 0 Å². The van der Waals surface area contributed by atoms with Crippen molar-refractivity contribution in [3.63, 3.8) is 0 Å². The van der Waals surface area contributed by atoms with Crippen LogP contribution in [0.2, 0.25) is 5.02 Å². The van der Waals surface area contributed by atoms with Crippen LogP contribution in [-0.2, 0) is 6.61 Å². The van der Waals surface area contributed by atoms with Crippen molar-refractivity contribution >= 4 is 17.3 Å². The summed E-state index contributed by atoms with van der Waals surface area (Å²) in [5, 5.41) is 10.3. The Morgan fingerprint density at radius 3 is 2.83 bits per heavy atom. The van der Waals surface area contributed by atoms with E-state index in [0.717, 1.165) is 18.7 Å². The molecular formula is C22H20ClFN2O3. The quantitative estimate of drug-likeness (QED) is 0.627. The molecule has 0 unspecified atom stereocenters. The lowest BCUT2D eigenvalue weighted by Gasteiger charge is -2.22. The van der Waals surface area contributed by atoms with Crippen molar-refractivity contribution in [1.82, 2.24) is 4.98 Å². The summed E-state index contributed by atoms with van der Waals surface area (Å²) in [5.41, 5.74) is 1.60. The van der Waals surface area contributed by atoms with Gasteiger partial charge in [0.1, 0.15) is 16.9 Å². The minimum Gasteiger partial charge on any atom is -0.471 e. The number of hydrogen-bond acceptors (Lipinski definition) is 5. The fraction of sp³-hybridized carbons (Fsp3) is 0.227. The number of ether oxygens (including phenoxy) is 2. The first-order chi connectivity index (χ1) is 14.1. The molecule has 0 amide bonds. The number of para-hydroxylation sites is 1. The molecule has 2 aromatic carbocycles. The van der Waals surface area contributed by atoms with Crippen LogP contribution in [0.25, 0.3) is 0 Å². The Hall–Kier alpha value is -2.83. The van der Waals surface area contributed by atoms with Gasteiger partial charge in [-0.05, 0) is 42.5 Å². The summed E-state index contributed by atoms with van der Waals surface area (Å²) in [6.07, 6.45) is 2.40. The van der Waals surface area contributed by atoms with Crippen molar-refractivity contribution in [3.05, 3.63) is 77.2 Å². The molecule has 0 aliphatic carbocycles. The van der Waals surface area contributed by atoms with E-state index in [0.29, 0.717) is 28.8 Å². The first-order valence-corrected chi connectivity index (χ1v) is 9.70. The Morgan fingerprint density at radius 1 is 1.17 bits per heavy atom. The number of aliphatic hydroxyl groups is 1. The Morgan fingerprint density at radius 2 is 2.03 bits per heavy atom. The number of rotatable bonds is 6. The number of hydrogen-bond donors (Lipinski definition) is 1. The standard InChI is InChI=1S/C22H20ClFN2O3/c23-18-4-3-10-25-22(18)29-17-9-11-26(13-17)20-8-7-16(12-15(20)14-27)28-21-6-2-1-5-19(21)24/h1-8,10,12,17,27H,9,11,13-14H2/t17-/m0/s1. The molecule has 150 valence electrons. The predicted molar refractivity (Wildman–Crippen MR) is 109 cm³/mol. The highest BCUT2D eigenvalue weighted by atomic mass is 35.5. The number of nitrogens with zero attached hydrogens (tertiary/aromatic N) is 2. The molecule has 1 aliphatic rings. The van der Waals surface area contributed by atoms with Crippen LogP contribution in [0.15, 0.2) is 60.8 Å². The van der Waals surface area contributed by atoms with Gasteiger partial charge in [0, 0.05) is 30.4 Å². The molecule has 0 radical (unpaired) electrons. The maximum Gasteiger partial charge on any atom is 0.232 e. The van der Waals surface area contributed by atoms with Crippen LogP contribution >= 0.6 is 11.6 Å². The normalized spacial score (nSPS) is 16.1. The number of benzene rings is 2. The van der Waals surface area contributed by atoms with Gasteiger partial charge in [0.05, 0.1) is 13.2 Å². The predicted octanol–water partition coefficient (Wildman–Crippen LogP) is 4.82. The van der Waals surface area contributed by atoms with Crippen molar-refractivity contribution in [1.29, 1.82) is 0 Å². The van der Waals surface area contributed by atoms with Crippen molar-refractivity contribution in [3.8, 4) is 17.4 Å². The van der Waals surface area contributed by atoms with Crippen LogP contribution in [0.1, 0.15) is 12.0 Å².